The van der Waals surface area contributed by atoms with Crippen molar-refractivity contribution in [1.82, 2.24) is 14.6 Å². The molecule has 200 valence electrons. The smallest absolute Gasteiger partial charge is 0.287 e. The molecule has 0 spiro atoms. The summed E-state index contributed by atoms with van der Waals surface area (Å²) in [5, 5.41) is 15.9. The number of halogens is 1. The number of ether oxygens (including phenoxy) is 2. The number of rotatable bonds is 8. The Kier molecular flexibility index (Phi) is 7.91. The first-order chi connectivity index (χ1) is 18.5. The van der Waals surface area contributed by atoms with Crippen molar-refractivity contribution in [2.75, 3.05) is 7.11 Å². The topological polar surface area (TPSA) is 122 Å². The highest BCUT2D eigenvalue weighted by atomic mass is 79.9. The third kappa shape index (κ3) is 6.04. The van der Waals surface area contributed by atoms with Gasteiger partial charge in [-0.2, -0.15) is 9.78 Å². The Morgan fingerprint density at radius 3 is 2.59 bits per heavy atom. The highest BCUT2D eigenvalue weighted by molar-refractivity contribution is 9.10. The first-order valence-corrected chi connectivity index (χ1v) is 12.7. The largest absolute Gasteiger partial charge is 0.493 e. The second-order valence-corrected chi connectivity index (χ2v) is 10.5. The molecular weight excluding hydrogens is 566 g/mol. The Morgan fingerprint density at radius 2 is 1.97 bits per heavy atom. The number of hydrogen-bond donors (Lipinski definition) is 0. The first kappa shape index (κ1) is 27.6. The standard InChI is InChI=1S/C28H26BrN5O5/c1-6-7-18-12-17(13-23(38-5)25(18)39-24-11-9-20(16-30-24)34(36)37)15-31-33-26(35)21-14-19(29)8-10-22(21)32-27(33)28(2,3)4/h6,8-16H,1,7H2,2-5H3. The number of nitrogens with zero attached hydrogens (tertiary/aromatic N) is 5. The maximum atomic E-state index is 13.5. The van der Waals surface area contributed by atoms with Crippen LogP contribution in [0.2, 0.25) is 0 Å². The number of allylic oxidation sites excluding steroid dienone is 1. The molecule has 0 radical (unpaired) electrons. The summed E-state index contributed by atoms with van der Waals surface area (Å²) in [6.07, 6.45) is 4.82. The molecule has 0 saturated heterocycles. The van der Waals surface area contributed by atoms with Crippen LogP contribution in [0, 0.1) is 10.1 Å². The number of hydrogen-bond acceptors (Lipinski definition) is 8. The van der Waals surface area contributed by atoms with E-state index < -0.39 is 10.3 Å². The van der Waals surface area contributed by atoms with Gasteiger partial charge in [0, 0.05) is 27.6 Å². The third-order valence-corrected chi connectivity index (χ3v) is 6.17. The lowest BCUT2D eigenvalue weighted by Gasteiger charge is -2.21. The molecule has 39 heavy (non-hydrogen) atoms. The molecule has 2 aromatic heterocycles. The molecule has 4 rings (SSSR count). The van der Waals surface area contributed by atoms with Crippen molar-refractivity contribution in [3.8, 4) is 17.4 Å². The molecule has 4 aromatic rings. The predicted octanol–water partition coefficient (Wildman–Crippen LogP) is 6.17. The zero-order chi connectivity index (χ0) is 28.3. The van der Waals surface area contributed by atoms with E-state index in [1.54, 1.807) is 30.5 Å². The van der Waals surface area contributed by atoms with Crippen molar-refractivity contribution in [3.63, 3.8) is 0 Å². The summed E-state index contributed by atoms with van der Waals surface area (Å²) < 4.78 is 13.6. The Balaban J connectivity index is 1.79. The SMILES string of the molecule is C=CCc1cc(C=Nn2c(C(C)(C)C)nc3ccc(Br)cc3c2=O)cc(OC)c1Oc1ccc([N+](=O)[O-])cn1. The normalized spacial score (nSPS) is 11.6. The van der Waals surface area contributed by atoms with Crippen LogP contribution in [0.1, 0.15) is 37.7 Å². The fraction of sp³-hybridized carbons (Fsp3) is 0.214. The second kappa shape index (κ2) is 11.2. The van der Waals surface area contributed by atoms with Crippen LogP contribution in [-0.4, -0.2) is 32.9 Å². The molecule has 0 aliphatic heterocycles. The summed E-state index contributed by atoms with van der Waals surface area (Å²) in [4.78, 5) is 32.6. The molecule has 0 aliphatic carbocycles. The maximum absolute atomic E-state index is 13.5. The highest BCUT2D eigenvalue weighted by Gasteiger charge is 2.23. The average molecular weight is 592 g/mol. The number of aromatic nitrogens is 3. The minimum absolute atomic E-state index is 0.146. The van der Waals surface area contributed by atoms with Gasteiger partial charge in [-0.25, -0.2) is 9.97 Å². The van der Waals surface area contributed by atoms with Gasteiger partial charge >= 0.3 is 0 Å². The zero-order valence-corrected chi connectivity index (χ0v) is 23.4. The summed E-state index contributed by atoms with van der Waals surface area (Å²) in [5.74, 6) is 1.46. The van der Waals surface area contributed by atoms with Gasteiger partial charge in [0.15, 0.2) is 11.5 Å². The van der Waals surface area contributed by atoms with Gasteiger partial charge in [-0.15, -0.1) is 6.58 Å². The van der Waals surface area contributed by atoms with E-state index >= 15 is 0 Å². The number of fused-ring (bicyclic) bond motifs is 1. The molecule has 10 nitrogen and oxygen atoms in total. The first-order valence-electron chi connectivity index (χ1n) is 11.9. The van der Waals surface area contributed by atoms with Gasteiger partial charge in [-0.1, -0.05) is 42.8 Å². The van der Waals surface area contributed by atoms with Gasteiger partial charge in [-0.3, -0.25) is 14.9 Å². The number of methoxy groups -OCH3 is 1. The third-order valence-electron chi connectivity index (χ3n) is 5.68. The molecule has 0 amide bonds. The number of pyridine rings is 1. The summed E-state index contributed by atoms with van der Waals surface area (Å²) >= 11 is 3.42. The van der Waals surface area contributed by atoms with Crippen LogP contribution in [0.25, 0.3) is 10.9 Å². The van der Waals surface area contributed by atoms with Gasteiger partial charge in [-0.05, 0) is 42.3 Å². The monoisotopic (exact) mass is 591 g/mol. The Bertz CT molecular complexity index is 1660. The van der Waals surface area contributed by atoms with E-state index in [1.807, 2.05) is 32.9 Å². The van der Waals surface area contributed by atoms with Gasteiger partial charge in [0.2, 0.25) is 5.88 Å². The molecule has 11 heteroatoms. The van der Waals surface area contributed by atoms with Gasteiger partial charge in [0.1, 0.15) is 12.0 Å². The zero-order valence-electron chi connectivity index (χ0n) is 21.8. The van der Waals surface area contributed by atoms with Crippen LogP contribution < -0.4 is 15.0 Å². The fourth-order valence-electron chi connectivity index (χ4n) is 3.84. The minimum Gasteiger partial charge on any atom is -0.493 e. The van der Waals surface area contributed by atoms with E-state index in [-0.39, 0.29) is 17.1 Å². The minimum atomic E-state index is -0.533. The second-order valence-electron chi connectivity index (χ2n) is 9.63. The van der Waals surface area contributed by atoms with E-state index in [9.17, 15) is 14.9 Å². The molecule has 2 aromatic carbocycles. The maximum Gasteiger partial charge on any atom is 0.287 e. The predicted molar refractivity (Wildman–Crippen MR) is 153 cm³/mol. The lowest BCUT2D eigenvalue weighted by atomic mass is 9.95. The van der Waals surface area contributed by atoms with Gasteiger partial charge in [0.25, 0.3) is 11.2 Å². The molecule has 0 atom stereocenters. The van der Waals surface area contributed by atoms with Crippen LogP contribution in [0.15, 0.2) is 75.7 Å². The molecule has 0 bridgehead atoms. The Morgan fingerprint density at radius 1 is 1.21 bits per heavy atom. The summed E-state index contributed by atoms with van der Waals surface area (Å²) in [7, 11) is 1.50. The van der Waals surface area contributed by atoms with Crippen LogP contribution >= 0.6 is 15.9 Å². The van der Waals surface area contributed by atoms with Crippen LogP contribution in [-0.2, 0) is 11.8 Å². The number of nitro groups is 1. The highest BCUT2D eigenvalue weighted by Crippen LogP contribution is 2.36. The van der Waals surface area contributed by atoms with Crippen molar-refractivity contribution in [1.29, 1.82) is 0 Å². The fourth-order valence-corrected chi connectivity index (χ4v) is 4.20. The van der Waals surface area contributed by atoms with Gasteiger partial charge in [0.05, 0.1) is 29.2 Å². The molecule has 0 N–H and O–H groups in total. The molecule has 0 fully saturated rings. The lowest BCUT2D eigenvalue weighted by Crippen LogP contribution is -2.29. The van der Waals surface area contributed by atoms with Gasteiger partial charge < -0.3 is 9.47 Å². The average Bonchev–Trinajstić information content (AvgIpc) is 2.89. The van der Waals surface area contributed by atoms with Crippen molar-refractivity contribution in [2.45, 2.75) is 32.6 Å². The quantitative estimate of drug-likeness (QED) is 0.104. The molecular formula is C28H26BrN5O5. The summed E-state index contributed by atoms with van der Waals surface area (Å²) in [6, 6.07) is 11.6. The summed E-state index contributed by atoms with van der Waals surface area (Å²) in [5.41, 5.74) is 1.07. The molecule has 0 aliphatic rings. The lowest BCUT2D eigenvalue weighted by molar-refractivity contribution is -0.385. The van der Waals surface area contributed by atoms with Crippen molar-refractivity contribution in [2.24, 2.45) is 5.10 Å². The van der Waals surface area contributed by atoms with E-state index in [0.29, 0.717) is 40.2 Å². The van der Waals surface area contributed by atoms with E-state index in [4.69, 9.17) is 14.5 Å². The van der Waals surface area contributed by atoms with E-state index in [1.165, 1.54) is 23.9 Å². The molecule has 2 heterocycles. The van der Waals surface area contributed by atoms with E-state index in [0.717, 1.165) is 16.2 Å². The molecule has 0 unspecified atom stereocenters. The van der Waals surface area contributed by atoms with E-state index in [2.05, 4.69) is 32.6 Å². The van der Waals surface area contributed by atoms with Crippen LogP contribution in [0.3, 0.4) is 0 Å². The van der Waals surface area contributed by atoms with Crippen LogP contribution in [0.5, 0.6) is 17.4 Å². The number of benzene rings is 2. The van der Waals surface area contributed by atoms with Crippen LogP contribution in [0.4, 0.5) is 5.69 Å². The van der Waals surface area contributed by atoms with Crippen molar-refractivity contribution >= 4 is 38.7 Å². The Hall–Kier alpha value is -4.38. The summed E-state index contributed by atoms with van der Waals surface area (Å²) in [6.45, 7) is 9.72. The van der Waals surface area contributed by atoms with Crippen molar-refractivity contribution in [3.05, 3.63) is 103 Å². The molecule has 0 saturated carbocycles. The Labute approximate surface area is 232 Å². The van der Waals surface area contributed by atoms with Crippen molar-refractivity contribution < 1.29 is 14.4 Å².